The number of likely N-dealkylation sites (tertiary alicyclic amines) is 1. The van der Waals surface area contributed by atoms with Crippen LogP contribution in [0.1, 0.15) is 54.5 Å². The highest BCUT2D eigenvalue weighted by atomic mass is 35.5. The van der Waals surface area contributed by atoms with Gasteiger partial charge in [0.05, 0.1) is 0 Å². The zero-order valence-corrected chi connectivity index (χ0v) is 18.1. The SMILES string of the molecule is Cc1nc(N)c(CCC2CCN(C(=O)[C@H](C)CC(=O)c3ccncn3)CC2)c(Cl)n1. The van der Waals surface area contributed by atoms with Crippen molar-refractivity contribution in [1.82, 2.24) is 24.8 Å². The Morgan fingerprint density at radius 2 is 2.03 bits per heavy atom. The van der Waals surface area contributed by atoms with Crippen LogP contribution < -0.4 is 5.73 Å². The van der Waals surface area contributed by atoms with Crippen molar-refractivity contribution in [3.63, 3.8) is 0 Å². The number of ketones is 1. The molecule has 8 nitrogen and oxygen atoms in total. The molecule has 0 spiro atoms. The van der Waals surface area contributed by atoms with Crippen molar-refractivity contribution < 1.29 is 9.59 Å². The first-order chi connectivity index (χ1) is 14.3. The lowest BCUT2D eigenvalue weighted by molar-refractivity contribution is -0.136. The Balaban J connectivity index is 1.47. The first kappa shape index (κ1) is 22.1. The summed E-state index contributed by atoms with van der Waals surface area (Å²) in [6.45, 7) is 4.96. The van der Waals surface area contributed by atoms with Crippen LogP contribution in [0.3, 0.4) is 0 Å². The van der Waals surface area contributed by atoms with E-state index in [4.69, 9.17) is 17.3 Å². The Kier molecular flexibility index (Phi) is 7.31. The molecular formula is C21H27ClN6O2. The average Bonchev–Trinajstić information content (AvgIpc) is 2.73. The van der Waals surface area contributed by atoms with Crippen LogP contribution in [-0.2, 0) is 11.2 Å². The summed E-state index contributed by atoms with van der Waals surface area (Å²) in [5, 5.41) is 0.426. The number of rotatable bonds is 7. The molecule has 0 aromatic carbocycles. The van der Waals surface area contributed by atoms with Crippen molar-refractivity contribution in [3.8, 4) is 0 Å². The van der Waals surface area contributed by atoms with E-state index in [1.165, 1.54) is 12.5 Å². The molecule has 30 heavy (non-hydrogen) atoms. The van der Waals surface area contributed by atoms with E-state index in [0.29, 0.717) is 41.5 Å². The minimum atomic E-state index is -0.368. The van der Waals surface area contributed by atoms with Gasteiger partial charge >= 0.3 is 0 Å². The number of piperidine rings is 1. The second kappa shape index (κ2) is 9.93. The van der Waals surface area contributed by atoms with Crippen molar-refractivity contribution in [2.24, 2.45) is 11.8 Å². The van der Waals surface area contributed by atoms with Crippen LogP contribution in [0.5, 0.6) is 0 Å². The van der Waals surface area contributed by atoms with Crippen molar-refractivity contribution in [1.29, 1.82) is 0 Å². The quantitative estimate of drug-likeness (QED) is 0.530. The van der Waals surface area contributed by atoms with Gasteiger partial charge in [-0.2, -0.15) is 0 Å². The molecule has 2 N–H and O–H groups in total. The summed E-state index contributed by atoms with van der Waals surface area (Å²) in [6.07, 6.45) is 6.52. The Bertz CT molecular complexity index is 877. The van der Waals surface area contributed by atoms with Crippen LogP contribution in [0.2, 0.25) is 5.15 Å². The number of aromatic nitrogens is 4. The lowest BCUT2D eigenvalue weighted by atomic mass is 9.90. The lowest BCUT2D eigenvalue weighted by Crippen LogP contribution is -2.41. The van der Waals surface area contributed by atoms with Gasteiger partial charge in [-0.25, -0.2) is 19.9 Å². The van der Waals surface area contributed by atoms with E-state index in [-0.39, 0.29) is 24.0 Å². The van der Waals surface area contributed by atoms with Gasteiger partial charge in [0.15, 0.2) is 5.78 Å². The largest absolute Gasteiger partial charge is 0.383 e. The number of nitrogens with two attached hydrogens (primary N) is 1. The number of aryl methyl sites for hydroxylation is 1. The van der Waals surface area contributed by atoms with Crippen molar-refractivity contribution in [2.75, 3.05) is 18.8 Å². The third kappa shape index (κ3) is 5.50. The lowest BCUT2D eigenvalue weighted by Gasteiger charge is -2.33. The minimum Gasteiger partial charge on any atom is -0.383 e. The van der Waals surface area contributed by atoms with Gasteiger partial charge in [0.1, 0.15) is 28.8 Å². The zero-order valence-electron chi connectivity index (χ0n) is 17.3. The molecule has 1 atom stereocenters. The van der Waals surface area contributed by atoms with E-state index in [1.54, 1.807) is 19.9 Å². The number of hydrogen-bond acceptors (Lipinski definition) is 7. The maximum Gasteiger partial charge on any atom is 0.225 e. The molecule has 2 aromatic heterocycles. The number of nitrogen functional groups attached to an aromatic ring is 1. The van der Waals surface area contributed by atoms with E-state index in [2.05, 4.69) is 19.9 Å². The van der Waals surface area contributed by atoms with Crippen LogP contribution >= 0.6 is 11.6 Å². The first-order valence-electron chi connectivity index (χ1n) is 10.2. The summed E-state index contributed by atoms with van der Waals surface area (Å²) < 4.78 is 0. The zero-order chi connectivity index (χ0) is 21.7. The fourth-order valence-electron chi connectivity index (χ4n) is 3.84. The first-order valence-corrected chi connectivity index (χ1v) is 10.6. The highest BCUT2D eigenvalue weighted by Gasteiger charge is 2.28. The fraction of sp³-hybridized carbons (Fsp3) is 0.524. The number of carbonyl (C=O) groups is 2. The third-order valence-corrected chi connectivity index (χ3v) is 5.92. The molecule has 9 heteroatoms. The van der Waals surface area contributed by atoms with E-state index in [1.807, 2.05) is 4.90 Å². The Labute approximate surface area is 181 Å². The summed E-state index contributed by atoms with van der Waals surface area (Å²) >= 11 is 6.22. The smallest absolute Gasteiger partial charge is 0.225 e. The molecule has 1 fully saturated rings. The molecule has 1 amide bonds. The van der Waals surface area contributed by atoms with Crippen LogP contribution in [0.15, 0.2) is 18.6 Å². The van der Waals surface area contributed by atoms with Gasteiger partial charge in [0.25, 0.3) is 0 Å². The van der Waals surface area contributed by atoms with E-state index >= 15 is 0 Å². The van der Waals surface area contributed by atoms with Gasteiger partial charge in [-0.3, -0.25) is 9.59 Å². The summed E-state index contributed by atoms with van der Waals surface area (Å²) in [5.74, 6) is 1.02. The van der Waals surface area contributed by atoms with Gasteiger partial charge in [0.2, 0.25) is 5.91 Å². The predicted molar refractivity (Wildman–Crippen MR) is 114 cm³/mol. The highest BCUT2D eigenvalue weighted by molar-refractivity contribution is 6.30. The van der Waals surface area contributed by atoms with Gasteiger partial charge in [-0.05, 0) is 44.6 Å². The second-order valence-electron chi connectivity index (χ2n) is 7.86. The molecule has 0 bridgehead atoms. The van der Waals surface area contributed by atoms with Crippen molar-refractivity contribution >= 4 is 29.1 Å². The summed E-state index contributed by atoms with van der Waals surface area (Å²) in [7, 11) is 0. The molecule has 1 saturated heterocycles. The molecule has 1 aliphatic heterocycles. The Morgan fingerprint density at radius 1 is 1.30 bits per heavy atom. The predicted octanol–water partition coefficient (Wildman–Crippen LogP) is 2.89. The monoisotopic (exact) mass is 430 g/mol. The number of halogens is 1. The van der Waals surface area contributed by atoms with Gasteiger partial charge in [-0.15, -0.1) is 0 Å². The summed E-state index contributed by atoms with van der Waals surface area (Å²) in [5.41, 5.74) is 7.14. The highest BCUT2D eigenvalue weighted by Crippen LogP contribution is 2.27. The molecule has 0 aliphatic carbocycles. The summed E-state index contributed by atoms with van der Waals surface area (Å²) in [4.78, 5) is 43.1. The second-order valence-corrected chi connectivity index (χ2v) is 8.21. The van der Waals surface area contributed by atoms with E-state index in [0.717, 1.165) is 31.2 Å². The van der Waals surface area contributed by atoms with Crippen LogP contribution in [0, 0.1) is 18.8 Å². The van der Waals surface area contributed by atoms with Crippen molar-refractivity contribution in [2.45, 2.75) is 46.0 Å². The number of carbonyl (C=O) groups excluding carboxylic acids is 2. The maximum absolute atomic E-state index is 12.8. The van der Waals surface area contributed by atoms with Crippen LogP contribution in [-0.4, -0.2) is 49.6 Å². The van der Waals surface area contributed by atoms with E-state index in [9.17, 15) is 9.59 Å². The molecule has 0 radical (unpaired) electrons. The number of hydrogen-bond donors (Lipinski definition) is 1. The molecule has 0 saturated carbocycles. The number of nitrogens with zero attached hydrogens (tertiary/aromatic N) is 5. The molecule has 0 unspecified atom stereocenters. The topological polar surface area (TPSA) is 115 Å². The minimum absolute atomic E-state index is 0.0232. The maximum atomic E-state index is 12.8. The number of anilines is 1. The van der Waals surface area contributed by atoms with Crippen LogP contribution in [0.4, 0.5) is 5.82 Å². The molecular weight excluding hydrogens is 404 g/mol. The molecule has 2 aromatic rings. The van der Waals surface area contributed by atoms with Gasteiger partial charge in [0, 0.05) is 37.2 Å². The third-order valence-electron chi connectivity index (χ3n) is 5.61. The molecule has 160 valence electrons. The number of Topliss-reactive ketones (excluding diaryl/α,β-unsaturated/α-hetero) is 1. The normalized spacial score (nSPS) is 15.8. The molecule has 1 aliphatic rings. The molecule has 3 rings (SSSR count). The standard InChI is InChI=1S/C21H27ClN6O2/c1-13(11-18(29)17-5-8-24-12-25-17)21(30)28-9-6-15(7-10-28)3-4-16-19(22)26-14(2)27-20(16)23/h5,8,12-13,15H,3-4,6-7,9-11H2,1-2H3,(H2,23,26,27)/t13-/m1/s1. The van der Waals surface area contributed by atoms with Crippen molar-refractivity contribution in [3.05, 3.63) is 40.8 Å². The molecule has 3 heterocycles. The average molecular weight is 431 g/mol. The van der Waals surface area contributed by atoms with E-state index < -0.39 is 0 Å². The van der Waals surface area contributed by atoms with Gasteiger partial charge in [-0.1, -0.05) is 18.5 Å². The fourth-order valence-corrected chi connectivity index (χ4v) is 4.15. The Morgan fingerprint density at radius 3 is 2.67 bits per heavy atom. The van der Waals surface area contributed by atoms with Crippen LogP contribution in [0.25, 0.3) is 0 Å². The summed E-state index contributed by atoms with van der Waals surface area (Å²) in [6, 6.07) is 1.57. The Hall–Kier alpha value is -2.61. The van der Waals surface area contributed by atoms with Gasteiger partial charge < -0.3 is 10.6 Å². The number of amides is 1.